The average Bonchev–Trinajstić information content (AvgIpc) is 2.75. The number of anilines is 2. The molecule has 0 radical (unpaired) electrons. The maximum absolute atomic E-state index is 12.8. The van der Waals surface area contributed by atoms with Gasteiger partial charge in [0.25, 0.3) is 5.56 Å². The van der Waals surface area contributed by atoms with Gasteiger partial charge in [-0.05, 0) is 37.6 Å². The number of amides is 1. The molecule has 0 saturated carbocycles. The Hall–Kier alpha value is -2.32. The number of aromatic nitrogens is 2. The summed E-state index contributed by atoms with van der Waals surface area (Å²) in [7, 11) is 0. The highest BCUT2D eigenvalue weighted by molar-refractivity contribution is 7.99. The first-order chi connectivity index (χ1) is 14.1. The first-order valence-corrected chi connectivity index (χ1v) is 11.0. The van der Waals surface area contributed by atoms with E-state index in [0.717, 1.165) is 48.9 Å². The van der Waals surface area contributed by atoms with E-state index in [4.69, 9.17) is 4.74 Å². The molecule has 0 bridgehead atoms. The van der Waals surface area contributed by atoms with Crippen LogP contribution in [0.4, 0.5) is 11.4 Å². The Morgan fingerprint density at radius 1 is 1.28 bits per heavy atom. The highest BCUT2D eigenvalue weighted by Crippen LogP contribution is 2.27. The molecule has 1 aromatic heterocycles. The van der Waals surface area contributed by atoms with Crippen LogP contribution in [0.3, 0.4) is 0 Å². The van der Waals surface area contributed by atoms with Crippen molar-refractivity contribution in [1.29, 1.82) is 0 Å². The van der Waals surface area contributed by atoms with E-state index in [-0.39, 0.29) is 17.4 Å². The van der Waals surface area contributed by atoms with Gasteiger partial charge in [-0.25, -0.2) is 4.98 Å². The minimum atomic E-state index is -0.265. The lowest BCUT2D eigenvalue weighted by atomic mass is 10.1. The molecule has 29 heavy (non-hydrogen) atoms. The van der Waals surface area contributed by atoms with E-state index in [0.29, 0.717) is 23.9 Å². The monoisotopic (exact) mass is 414 g/mol. The van der Waals surface area contributed by atoms with Gasteiger partial charge in [-0.2, -0.15) is 0 Å². The number of ether oxygens (including phenoxy) is 1. The van der Waals surface area contributed by atoms with Gasteiger partial charge in [-0.15, -0.1) is 0 Å². The first kappa shape index (κ1) is 20.0. The number of carbonyl (C=O) groups is 1. The number of carbonyl (C=O) groups excluding carboxylic acids is 1. The molecule has 1 N–H and O–H groups in total. The Labute approximate surface area is 174 Å². The van der Waals surface area contributed by atoms with Crippen LogP contribution in [0.5, 0.6) is 0 Å². The molecule has 0 unspecified atom stereocenters. The third kappa shape index (κ3) is 4.18. The van der Waals surface area contributed by atoms with Crippen LogP contribution in [0.1, 0.15) is 18.2 Å². The van der Waals surface area contributed by atoms with Crippen molar-refractivity contribution in [2.45, 2.75) is 32.0 Å². The maximum Gasteiger partial charge on any atom is 0.257 e. The molecular formula is C21H26N4O3S. The second-order valence-corrected chi connectivity index (χ2v) is 8.36. The predicted octanol–water partition coefficient (Wildman–Crippen LogP) is 2.31. The molecule has 0 aliphatic carbocycles. The van der Waals surface area contributed by atoms with Gasteiger partial charge in [0.2, 0.25) is 5.91 Å². The Balaban J connectivity index is 1.44. The van der Waals surface area contributed by atoms with Crippen LogP contribution in [-0.2, 0) is 22.5 Å². The van der Waals surface area contributed by atoms with Gasteiger partial charge in [-0.1, -0.05) is 18.7 Å². The number of rotatable bonds is 4. The number of hydrogen-bond donors (Lipinski definition) is 1. The lowest BCUT2D eigenvalue weighted by molar-refractivity contribution is -0.119. The first-order valence-electron chi connectivity index (χ1n) is 10.0. The number of nitrogens with one attached hydrogen (secondary N) is 1. The van der Waals surface area contributed by atoms with Gasteiger partial charge in [0.1, 0.15) is 0 Å². The van der Waals surface area contributed by atoms with Gasteiger partial charge >= 0.3 is 0 Å². The zero-order valence-corrected chi connectivity index (χ0v) is 17.6. The highest BCUT2D eigenvalue weighted by Gasteiger charge is 2.28. The van der Waals surface area contributed by atoms with Crippen LogP contribution < -0.4 is 15.8 Å². The van der Waals surface area contributed by atoms with Crippen molar-refractivity contribution in [3.8, 4) is 0 Å². The summed E-state index contributed by atoms with van der Waals surface area (Å²) in [5.41, 5.74) is 3.41. The molecule has 7 nitrogen and oxygen atoms in total. The van der Waals surface area contributed by atoms with Crippen molar-refractivity contribution in [3.05, 3.63) is 45.9 Å². The summed E-state index contributed by atoms with van der Waals surface area (Å²) >= 11 is 1.48. The molecule has 8 heteroatoms. The molecule has 1 fully saturated rings. The maximum atomic E-state index is 12.8. The topological polar surface area (TPSA) is 76.5 Å². The fourth-order valence-electron chi connectivity index (χ4n) is 3.78. The lowest BCUT2D eigenvalue weighted by Gasteiger charge is -2.29. The standard InChI is InChI=1S/C21H26N4O3S/c1-3-18-14(2)22-21-25(20(18)27)12-15(13-29-21)19(26)23-16-4-6-17(7-5-16)24-8-10-28-11-9-24/h4-7,15H,3,8-13H2,1-2H3,(H,23,26)/t15-/m0/s1. The molecule has 1 saturated heterocycles. The molecule has 154 valence electrons. The normalized spacial score (nSPS) is 19.0. The van der Waals surface area contributed by atoms with Crippen molar-refractivity contribution < 1.29 is 9.53 Å². The van der Waals surface area contributed by atoms with Crippen LogP contribution in [0.2, 0.25) is 0 Å². The summed E-state index contributed by atoms with van der Waals surface area (Å²) in [6.45, 7) is 7.46. The van der Waals surface area contributed by atoms with Crippen LogP contribution in [0, 0.1) is 12.8 Å². The van der Waals surface area contributed by atoms with Gasteiger partial charge < -0.3 is 15.0 Å². The summed E-state index contributed by atoms with van der Waals surface area (Å²) in [6.07, 6.45) is 0.648. The van der Waals surface area contributed by atoms with Crippen LogP contribution in [-0.4, -0.2) is 47.5 Å². The van der Waals surface area contributed by atoms with E-state index in [9.17, 15) is 9.59 Å². The number of fused-ring (bicyclic) bond motifs is 1. The van der Waals surface area contributed by atoms with Gasteiger partial charge in [0, 0.05) is 48.0 Å². The van der Waals surface area contributed by atoms with Gasteiger partial charge in [-0.3, -0.25) is 14.2 Å². The zero-order valence-electron chi connectivity index (χ0n) is 16.8. The molecule has 1 aromatic carbocycles. The minimum Gasteiger partial charge on any atom is -0.378 e. The SMILES string of the molecule is CCc1c(C)nc2n(c1=O)C[C@H](C(=O)Nc1ccc(N3CCOCC3)cc1)CS2. The Morgan fingerprint density at radius 2 is 2.00 bits per heavy atom. The van der Waals surface area contributed by atoms with E-state index < -0.39 is 0 Å². The summed E-state index contributed by atoms with van der Waals surface area (Å²) in [5.74, 6) is 0.292. The smallest absolute Gasteiger partial charge is 0.257 e. The zero-order chi connectivity index (χ0) is 20.4. The minimum absolute atomic E-state index is 0.0186. The molecule has 1 amide bonds. The Bertz CT molecular complexity index is 952. The Kier molecular flexibility index (Phi) is 5.91. The third-order valence-electron chi connectivity index (χ3n) is 5.49. The fraction of sp³-hybridized carbons (Fsp3) is 0.476. The number of nitrogens with zero attached hydrogens (tertiary/aromatic N) is 3. The number of aryl methyl sites for hydroxylation is 1. The largest absolute Gasteiger partial charge is 0.378 e. The Morgan fingerprint density at radius 3 is 2.69 bits per heavy atom. The van der Waals surface area contributed by atoms with Crippen molar-refractivity contribution in [2.75, 3.05) is 42.3 Å². The van der Waals surface area contributed by atoms with E-state index in [1.54, 1.807) is 4.57 Å². The molecule has 2 aliphatic rings. The second-order valence-electron chi connectivity index (χ2n) is 7.37. The molecular weight excluding hydrogens is 388 g/mol. The molecule has 2 aliphatic heterocycles. The lowest BCUT2D eigenvalue weighted by Crippen LogP contribution is -2.38. The number of thioether (sulfide) groups is 1. The van der Waals surface area contributed by atoms with Crippen molar-refractivity contribution in [1.82, 2.24) is 9.55 Å². The van der Waals surface area contributed by atoms with Crippen molar-refractivity contribution in [2.24, 2.45) is 5.92 Å². The number of morpholine rings is 1. The molecule has 1 atom stereocenters. The highest BCUT2D eigenvalue weighted by atomic mass is 32.2. The molecule has 3 heterocycles. The third-order valence-corrected chi connectivity index (χ3v) is 6.63. The summed E-state index contributed by atoms with van der Waals surface area (Å²) in [6, 6.07) is 7.91. The quantitative estimate of drug-likeness (QED) is 0.774. The van der Waals surface area contributed by atoms with Crippen LogP contribution in [0.25, 0.3) is 0 Å². The van der Waals surface area contributed by atoms with Gasteiger partial charge in [0.15, 0.2) is 5.16 Å². The fourth-order valence-corrected chi connectivity index (χ4v) is 4.90. The summed E-state index contributed by atoms with van der Waals surface area (Å²) in [5, 5.41) is 3.71. The predicted molar refractivity (Wildman–Crippen MR) is 115 cm³/mol. The molecule has 4 rings (SSSR count). The van der Waals surface area contributed by atoms with Gasteiger partial charge in [0.05, 0.1) is 19.1 Å². The van der Waals surface area contributed by atoms with Crippen molar-refractivity contribution in [3.63, 3.8) is 0 Å². The average molecular weight is 415 g/mol. The van der Waals surface area contributed by atoms with E-state index in [2.05, 4.69) is 15.2 Å². The van der Waals surface area contributed by atoms with Crippen LogP contribution >= 0.6 is 11.8 Å². The van der Waals surface area contributed by atoms with Crippen LogP contribution in [0.15, 0.2) is 34.2 Å². The second kappa shape index (κ2) is 8.59. The molecule has 2 aromatic rings. The van der Waals surface area contributed by atoms with E-state index in [1.165, 1.54) is 11.8 Å². The van der Waals surface area contributed by atoms with E-state index >= 15 is 0 Å². The van der Waals surface area contributed by atoms with Crippen molar-refractivity contribution >= 4 is 29.0 Å². The molecule has 0 spiro atoms. The van der Waals surface area contributed by atoms with E-state index in [1.807, 2.05) is 38.1 Å². The summed E-state index contributed by atoms with van der Waals surface area (Å²) < 4.78 is 7.05. The number of hydrogen-bond acceptors (Lipinski definition) is 6. The number of benzene rings is 1. The summed E-state index contributed by atoms with van der Waals surface area (Å²) in [4.78, 5) is 32.4.